The van der Waals surface area contributed by atoms with E-state index in [4.69, 9.17) is 0 Å². The van der Waals surface area contributed by atoms with Gasteiger partial charge in [-0.2, -0.15) is 0 Å². The van der Waals surface area contributed by atoms with Gasteiger partial charge in [0.05, 0.1) is 10.8 Å². The molecule has 3 aromatic rings. The molecule has 0 aromatic heterocycles. The van der Waals surface area contributed by atoms with E-state index in [0.717, 1.165) is 16.7 Å². The van der Waals surface area contributed by atoms with Crippen molar-refractivity contribution in [1.29, 1.82) is 0 Å². The third-order valence-corrected chi connectivity index (χ3v) is 6.49. The first-order valence-corrected chi connectivity index (χ1v) is 11.3. The number of amides is 1. The molecule has 0 aliphatic rings. The van der Waals surface area contributed by atoms with E-state index in [1.54, 1.807) is 19.1 Å². The summed E-state index contributed by atoms with van der Waals surface area (Å²) in [6, 6.07) is 24.3. The smallest absolute Gasteiger partial charge is 0.240 e. The molecular weight excluding hydrogens is 396 g/mol. The summed E-state index contributed by atoms with van der Waals surface area (Å²) < 4.78 is 27.7. The molecular formula is C24H26N2O3S. The number of aryl methyl sites for hydroxylation is 2. The zero-order valence-electron chi connectivity index (χ0n) is 17.1. The van der Waals surface area contributed by atoms with Crippen LogP contribution in [0.4, 0.5) is 0 Å². The Balaban J connectivity index is 1.65. The Morgan fingerprint density at radius 2 is 1.40 bits per heavy atom. The lowest BCUT2D eigenvalue weighted by Crippen LogP contribution is -2.37. The fourth-order valence-electron chi connectivity index (χ4n) is 3.44. The average molecular weight is 423 g/mol. The van der Waals surface area contributed by atoms with Gasteiger partial charge in [0.2, 0.25) is 15.9 Å². The van der Waals surface area contributed by atoms with Crippen LogP contribution >= 0.6 is 0 Å². The van der Waals surface area contributed by atoms with Crippen LogP contribution in [0.1, 0.15) is 28.2 Å². The molecule has 0 bridgehead atoms. The number of carbonyl (C=O) groups is 1. The van der Waals surface area contributed by atoms with Gasteiger partial charge < -0.3 is 5.32 Å². The molecule has 0 fully saturated rings. The van der Waals surface area contributed by atoms with E-state index < -0.39 is 15.9 Å². The van der Waals surface area contributed by atoms with Gasteiger partial charge in [0.15, 0.2) is 0 Å². The predicted octanol–water partition coefficient (Wildman–Crippen LogP) is 3.53. The normalized spacial score (nSPS) is 11.4. The molecule has 0 radical (unpaired) electrons. The Morgan fingerprint density at radius 3 is 1.93 bits per heavy atom. The number of rotatable bonds is 8. The molecule has 3 aromatic carbocycles. The zero-order chi connectivity index (χ0) is 21.6. The lowest BCUT2D eigenvalue weighted by atomic mass is 9.90. The van der Waals surface area contributed by atoms with E-state index >= 15 is 0 Å². The number of hydrogen-bond acceptors (Lipinski definition) is 3. The van der Waals surface area contributed by atoms with Crippen molar-refractivity contribution in [3.8, 4) is 0 Å². The fourth-order valence-corrected chi connectivity index (χ4v) is 4.69. The van der Waals surface area contributed by atoms with Crippen molar-refractivity contribution in [3.05, 3.63) is 101 Å². The molecule has 0 saturated carbocycles. The second-order valence-electron chi connectivity index (χ2n) is 7.21. The standard InChI is InChI=1S/C24H26N2O3S/c1-18-13-14-22(19(2)17-18)30(28,29)26-16-15-25-24(27)23(20-9-5-3-6-10-20)21-11-7-4-8-12-21/h3-14,17,23,26H,15-16H2,1-2H3,(H,25,27). The third kappa shape index (κ3) is 5.34. The van der Waals surface area contributed by atoms with Gasteiger partial charge >= 0.3 is 0 Å². The van der Waals surface area contributed by atoms with Gasteiger partial charge in [0, 0.05) is 13.1 Å². The second kappa shape index (κ2) is 9.69. The maximum atomic E-state index is 12.9. The van der Waals surface area contributed by atoms with Gasteiger partial charge in [0.1, 0.15) is 0 Å². The molecule has 2 N–H and O–H groups in total. The lowest BCUT2D eigenvalue weighted by molar-refractivity contribution is -0.121. The minimum atomic E-state index is -3.63. The largest absolute Gasteiger partial charge is 0.354 e. The van der Waals surface area contributed by atoms with E-state index in [0.29, 0.717) is 5.56 Å². The van der Waals surface area contributed by atoms with Crippen molar-refractivity contribution >= 4 is 15.9 Å². The van der Waals surface area contributed by atoms with Crippen LogP contribution in [-0.4, -0.2) is 27.4 Å². The molecule has 0 aliphatic heterocycles. The Labute approximate surface area is 178 Å². The molecule has 5 nitrogen and oxygen atoms in total. The van der Waals surface area contributed by atoms with E-state index in [-0.39, 0.29) is 23.9 Å². The van der Waals surface area contributed by atoms with E-state index in [1.165, 1.54) is 0 Å². The first kappa shape index (κ1) is 21.7. The molecule has 0 heterocycles. The molecule has 0 atom stereocenters. The molecule has 0 unspecified atom stereocenters. The van der Waals surface area contributed by atoms with Crippen LogP contribution in [0.3, 0.4) is 0 Å². The van der Waals surface area contributed by atoms with Crippen LogP contribution in [0, 0.1) is 13.8 Å². The number of sulfonamides is 1. The maximum Gasteiger partial charge on any atom is 0.240 e. The second-order valence-corrected chi connectivity index (χ2v) is 8.95. The highest BCUT2D eigenvalue weighted by molar-refractivity contribution is 7.89. The third-order valence-electron chi connectivity index (χ3n) is 4.86. The highest BCUT2D eigenvalue weighted by atomic mass is 32.2. The summed E-state index contributed by atoms with van der Waals surface area (Å²) in [4.78, 5) is 13.2. The molecule has 6 heteroatoms. The topological polar surface area (TPSA) is 75.3 Å². The van der Waals surface area contributed by atoms with Crippen molar-refractivity contribution in [2.45, 2.75) is 24.7 Å². The first-order chi connectivity index (χ1) is 14.4. The van der Waals surface area contributed by atoms with Gasteiger partial charge in [-0.25, -0.2) is 13.1 Å². The summed E-state index contributed by atoms with van der Waals surface area (Å²) in [6.45, 7) is 3.99. The van der Waals surface area contributed by atoms with Crippen molar-refractivity contribution in [1.82, 2.24) is 10.0 Å². The van der Waals surface area contributed by atoms with Crippen LogP contribution < -0.4 is 10.0 Å². The summed E-state index contributed by atoms with van der Waals surface area (Å²) in [6.07, 6.45) is 0. The number of benzene rings is 3. The van der Waals surface area contributed by atoms with Crippen LogP contribution in [-0.2, 0) is 14.8 Å². The summed E-state index contributed by atoms with van der Waals surface area (Å²) in [7, 11) is -3.63. The number of carbonyl (C=O) groups excluding carboxylic acids is 1. The minimum absolute atomic E-state index is 0.109. The molecule has 3 rings (SSSR count). The molecule has 0 aliphatic carbocycles. The van der Waals surface area contributed by atoms with Crippen LogP contribution in [0.15, 0.2) is 83.8 Å². The average Bonchev–Trinajstić information content (AvgIpc) is 2.73. The fraction of sp³-hybridized carbons (Fsp3) is 0.208. The first-order valence-electron chi connectivity index (χ1n) is 9.83. The van der Waals surface area contributed by atoms with Crippen LogP contribution in [0.25, 0.3) is 0 Å². The highest BCUT2D eigenvalue weighted by Crippen LogP contribution is 2.24. The van der Waals surface area contributed by atoms with Crippen molar-refractivity contribution in [3.63, 3.8) is 0 Å². The summed E-state index contributed by atoms with van der Waals surface area (Å²) in [5.74, 6) is -0.624. The predicted molar refractivity (Wildman–Crippen MR) is 119 cm³/mol. The Morgan fingerprint density at radius 1 is 0.833 bits per heavy atom. The van der Waals surface area contributed by atoms with Crippen molar-refractivity contribution < 1.29 is 13.2 Å². The monoisotopic (exact) mass is 422 g/mol. The summed E-state index contributed by atoms with van der Waals surface area (Å²) in [5, 5.41) is 2.86. The van der Waals surface area contributed by atoms with E-state index in [9.17, 15) is 13.2 Å². The van der Waals surface area contributed by atoms with Gasteiger partial charge in [-0.05, 0) is 36.6 Å². The molecule has 30 heavy (non-hydrogen) atoms. The van der Waals surface area contributed by atoms with E-state index in [1.807, 2.05) is 73.7 Å². The van der Waals surface area contributed by atoms with Crippen molar-refractivity contribution in [2.24, 2.45) is 0 Å². The number of hydrogen-bond donors (Lipinski definition) is 2. The summed E-state index contributed by atoms with van der Waals surface area (Å²) >= 11 is 0. The quantitative estimate of drug-likeness (QED) is 0.546. The van der Waals surface area contributed by atoms with Gasteiger partial charge in [-0.15, -0.1) is 0 Å². The number of nitrogens with one attached hydrogen (secondary N) is 2. The molecule has 0 saturated heterocycles. The highest BCUT2D eigenvalue weighted by Gasteiger charge is 2.22. The summed E-state index contributed by atoms with van der Waals surface area (Å²) in [5.41, 5.74) is 3.47. The van der Waals surface area contributed by atoms with Crippen LogP contribution in [0.5, 0.6) is 0 Å². The Hall–Kier alpha value is -2.96. The van der Waals surface area contributed by atoms with Crippen LogP contribution in [0.2, 0.25) is 0 Å². The molecule has 0 spiro atoms. The molecule has 156 valence electrons. The Kier molecular flexibility index (Phi) is 7.03. The van der Waals surface area contributed by atoms with E-state index in [2.05, 4.69) is 10.0 Å². The lowest BCUT2D eigenvalue weighted by Gasteiger charge is -2.18. The minimum Gasteiger partial charge on any atom is -0.354 e. The maximum absolute atomic E-state index is 12.9. The van der Waals surface area contributed by atoms with Gasteiger partial charge in [0.25, 0.3) is 0 Å². The van der Waals surface area contributed by atoms with Gasteiger partial charge in [-0.3, -0.25) is 4.79 Å². The van der Waals surface area contributed by atoms with Gasteiger partial charge in [-0.1, -0.05) is 78.4 Å². The molecule has 1 amide bonds. The van der Waals surface area contributed by atoms with Crippen molar-refractivity contribution in [2.75, 3.05) is 13.1 Å². The SMILES string of the molecule is Cc1ccc(S(=O)(=O)NCCNC(=O)C(c2ccccc2)c2ccccc2)c(C)c1. The Bertz CT molecular complexity index is 1060. The zero-order valence-corrected chi connectivity index (χ0v) is 17.9.